The van der Waals surface area contributed by atoms with Crippen LogP contribution in [0.5, 0.6) is 5.75 Å². The first-order valence-electron chi connectivity index (χ1n) is 10.1. The lowest BCUT2D eigenvalue weighted by Gasteiger charge is -2.21. The molecule has 0 aromatic heterocycles. The number of carbonyl (C=O) groups is 3. The van der Waals surface area contributed by atoms with Crippen molar-refractivity contribution in [3.8, 4) is 5.75 Å². The fourth-order valence-electron chi connectivity index (χ4n) is 3.51. The van der Waals surface area contributed by atoms with Crippen molar-refractivity contribution in [3.63, 3.8) is 0 Å². The molecule has 164 valence electrons. The van der Waals surface area contributed by atoms with Gasteiger partial charge in [0.2, 0.25) is 17.7 Å². The highest BCUT2D eigenvalue weighted by Gasteiger charge is 2.36. The van der Waals surface area contributed by atoms with Crippen LogP contribution in [-0.2, 0) is 14.4 Å². The Morgan fingerprint density at radius 2 is 1.81 bits per heavy atom. The van der Waals surface area contributed by atoms with Crippen molar-refractivity contribution >= 4 is 23.4 Å². The standard InChI is InChI=1S/C23H27N3O5/c1-15(22(29)25-20(14-27)16-6-4-3-5-7-16)24-23(30)17-12-21(28)26(13-17)18-8-10-19(31-2)11-9-18/h3-11,15,17,20,27H,12-14H2,1-2H3,(H,24,30)(H,25,29)/t15-,17+,20+/m0/s1. The predicted molar refractivity (Wildman–Crippen MR) is 115 cm³/mol. The Bertz CT molecular complexity index is 917. The molecule has 0 bridgehead atoms. The zero-order valence-electron chi connectivity index (χ0n) is 17.6. The summed E-state index contributed by atoms with van der Waals surface area (Å²) in [4.78, 5) is 39.2. The van der Waals surface area contributed by atoms with Crippen LogP contribution >= 0.6 is 0 Å². The van der Waals surface area contributed by atoms with Gasteiger partial charge in [0, 0.05) is 18.7 Å². The van der Waals surface area contributed by atoms with Gasteiger partial charge < -0.3 is 25.4 Å². The minimum absolute atomic E-state index is 0.0789. The second-order valence-corrected chi connectivity index (χ2v) is 7.49. The molecule has 3 atom stereocenters. The van der Waals surface area contributed by atoms with Crippen molar-refractivity contribution in [2.75, 3.05) is 25.2 Å². The van der Waals surface area contributed by atoms with Crippen LogP contribution in [-0.4, -0.2) is 49.1 Å². The molecule has 0 aliphatic carbocycles. The zero-order chi connectivity index (χ0) is 22.4. The van der Waals surface area contributed by atoms with E-state index in [1.165, 1.54) is 0 Å². The number of carbonyl (C=O) groups excluding carboxylic acids is 3. The maximum Gasteiger partial charge on any atom is 0.242 e. The molecule has 0 spiro atoms. The van der Waals surface area contributed by atoms with E-state index in [1.807, 2.05) is 30.3 Å². The quantitative estimate of drug-likeness (QED) is 0.593. The van der Waals surface area contributed by atoms with Crippen LogP contribution in [0.4, 0.5) is 5.69 Å². The molecule has 0 saturated carbocycles. The topological polar surface area (TPSA) is 108 Å². The molecule has 3 amide bonds. The second kappa shape index (κ2) is 10.1. The monoisotopic (exact) mass is 425 g/mol. The normalized spacial score (nSPS) is 17.7. The van der Waals surface area contributed by atoms with E-state index in [1.54, 1.807) is 43.2 Å². The van der Waals surface area contributed by atoms with E-state index in [-0.39, 0.29) is 31.4 Å². The summed E-state index contributed by atoms with van der Waals surface area (Å²) >= 11 is 0. The minimum Gasteiger partial charge on any atom is -0.497 e. The first-order chi connectivity index (χ1) is 14.9. The molecule has 3 rings (SSSR count). The highest BCUT2D eigenvalue weighted by Crippen LogP contribution is 2.27. The van der Waals surface area contributed by atoms with Crippen LogP contribution in [0, 0.1) is 5.92 Å². The number of hydrogen-bond donors (Lipinski definition) is 3. The molecule has 2 aromatic rings. The van der Waals surface area contributed by atoms with Crippen LogP contribution in [0.15, 0.2) is 54.6 Å². The average Bonchev–Trinajstić information content (AvgIpc) is 3.19. The number of amides is 3. The van der Waals surface area contributed by atoms with Crippen LogP contribution in [0.2, 0.25) is 0 Å². The molecular weight excluding hydrogens is 398 g/mol. The van der Waals surface area contributed by atoms with E-state index >= 15 is 0 Å². The number of aliphatic hydroxyl groups excluding tert-OH is 1. The maximum absolute atomic E-state index is 12.7. The molecule has 1 aliphatic rings. The fourth-order valence-corrected chi connectivity index (χ4v) is 3.51. The predicted octanol–water partition coefficient (Wildman–Crippen LogP) is 1.40. The van der Waals surface area contributed by atoms with Gasteiger partial charge in [-0.25, -0.2) is 0 Å². The zero-order valence-corrected chi connectivity index (χ0v) is 17.6. The van der Waals surface area contributed by atoms with Gasteiger partial charge in [0.25, 0.3) is 0 Å². The Morgan fingerprint density at radius 1 is 1.13 bits per heavy atom. The van der Waals surface area contributed by atoms with E-state index in [4.69, 9.17) is 4.74 Å². The van der Waals surface area contributed by atoms with Crippen LogP contribution in [0.25, 0.3) is 0 Å². The Kier molecular flexibility index (Phi) is 7.25. The maximum atomic E-state index is 12.7. The lowest BCUT2D eigenvalue weighted by molar-refractivity contribution is -0.131. The largest absolute Gasteiger partial charge is 0.497 e. The number of anilines is 1. The molecule has 1 heterocycles. The molecular formula is C23H27N3O5. The number of ether oxygens (including phenoxy) is 1. The summed E-state index contributed by atoms with van der Waals surface area (Å²) in [6.45, 7) is 1.56. The Hall–Kier alpha value is -3.39. The molecule has 8 nitrogen and oxygen atoms in total. The van der Waals surface area contributed by atoms with Crippen LogP contribution in [0.1, 0.15) is 24.9 Å². The number of aliphatic hydroxyl groups is 1. The number of hydrogen-bond acceptors (Lipinski definition) is 5. The van der Waals surface area contributed by atoms with Gasteiger partial charge in [0.05, 0.1) is 25.7 Å². The van der Waals surface area contributed by atoms with Gasteiger partial charge in [-0.05, 0) is 36.8 Å². The van der Waals surface area contributed by atoms with Crippen molar-refractivity contribution < 1.29 is 24.2 Å². The van der Waals surface area contributed by atoms with E-state index < -0.39 is 23.9 Å². The van der Waals surface area contributed by atoms with Crippen molar-refractivity contribution in [1.82, 2.24) is 10.6 Å². The van der Waals surface area contributed by atoms with E-state index in [0.29, 0.717) is 11.4 Å². The number of methoxy groups -OCH3 is 1. The minimum atomic E-state index is -0.810. The summed E-state index contributed by atoms with van der Waals surface area (Å²) in [6.07, 6.45) is 0.0789. The molecule has 1 aliphatic heterocycles. The van der Waals surface area contributed by atoms with Crippen molar-refractivity contribution in [3.05, 3.63) is 60.2 Å². The number of nitrogens with one attached hydrogen (secondary N) is 2. The summed E-state index contributed by atoms with van der Waals surface area (Å²) in [6, 6.07) is 14.8. The van der Waals surface area contributed by atoms with Crippen molar-refractivity contribution in [2.45, 2.75) is 25.4 Å². The first-order valence-corrected chi connectivity index (χ1v) is 10.1. The SMILES string of the molecule is COc1ccc(N2C[C@H](C(=O)N[C@@H](C)C(=O)N[C@H](CO)c3ccccc3)CC2=O)cc1. The van der Waals surface area contributed by atoms with Gasteiger partial charge in [-0.15, -0.1) is 0 Å². The highest BCUT2D eigenvalue weighted by atomic mass is 16.5. The summed E-state index contributed by atoms with van der Waals surface area (Å²) < 4.78 is 5.13. The van der Waals surface area contributed by atoms with Gasteiger partial charge in [-0.2, -0.15) is 0 Å². The third-order valence-corrected chi connectivity index (χ3v) is 5.33. The summed E-state index contributed by atoms with van der Waals surface area (Å²) in [7, 11) is 1.57. The van der Waals surface area contributed by atoms with Gasteiger partial charge in [-0.1, -0.05) is 30.3 Å². The van der Waals surface area contributed by atoms with Crippen LogP contribution in [0.3, 0.4) is 0 Å². The van der Waals surface area contributed by atoms with Gasteiger partial charge in [-0.3, -0.25) is 14.4 Å². The van der Waals surface area contributed by atoms with Gasteiger partial charge in [0.15, 0.2) is 0 Å². The Balaban J connectivity index is 1.56. The molecule has 0 radical (unpaired) electrons. The second-order valence-electron chi connectivity index (χ2n) is 7.49. The fraction of sp³-hybridized carbons (Fsp3) is 0.348. The lowest BCUT2D eigenvalue weighted by atomic mass is 10.1. The first kappa shape index (κ1) is 22.3. The van der Waals surface area contributed by atoms with E-state index in [2.05, 4.69) is 10.6 Å². The molecule has 31 heavy (non-hydrogen) atoms. The molecule has 1 fully saturated rings. The molecule has 8 heteroatoms. The Morgan fingerprint density at radius 3 is 2.42 bits per heavy atom. The lowest BCUT2D eigenvalue weighted by Crippen LogP contribution is -2.48. The summed E-state index contributed by atoms with van der Waals surface area (Å²) in [5.74, 6) is -0.777. The number of rotatable bonds is 8. The Labute approximate surface area is 181 Å². The van der Waals surface area contributed by atoms with E-state index in [0.717, 1.165) is 5.56 Å². The summed E-state index contributed by atoms with van der Waals surface area (Å²) in [5, 5.41) is 15.0. The highest BCUT2D eigenvalue weighted by molar-refractivity contribution is 6.01. The smallest absolute Gasteiger partial charge is 0.242 e. The van der Waals surface area contributed by atoms with Crippen molar-refractivity contribution in [1.29, 1.82) is 0 Å². The van der Waals surface area contributed by atoms with Gasteiger partial charge >= 0.3 is 0 Å². The third-order valence-electron chi connectivity index (χ3n) is 5.33. The van der Waals surface area contributed by atoms with E-state index in [9.17, 15) is 19.5 Å². The summed E-state index contributed by atoms with van der Waals surface area (Å²) in [5.41, 5.74) is 1.47. The van der Waals surface area contributed by atoms with Gasteiger partial charge in [0.1, 0.15) is 11.8 Å². The molecule has 0 unspecified atom stereocenters. The molecule has 1 saturated heterocycles. The number of benzene rings is 2. The average molecular weight is 425 g/mol. The van der Waals surface area contributed by atoms with Crippen molar-refractivity contribution in [2.24, 2.45) is 5.92 Å². The third kappa shape index (κ3) is 5.40. The molecule has 3 N–H and O–H groups in total. The van der Waals surface area contributed by atoms with Crippen LogP contribution < -0.4 is 20.3 Å². The number of nitrogens with zero attached hydrogens (tertiary/aromatic N) is 1. The molecule has 2 aromatic carbocycles.